The number of aliphatic hydroxyl groups excluding tert-OH is 1. The summed E-state index contributed by atoms with van der Waals surface area (Å²) in [5, 5.41) is 11.3. The molecule has 1 aliphatic rings. The van der Waals surface area contributed by atoms with E-state index in [1.165, 1.54) is 19.1 Å². The zero-order valence-electron chi connectivity index (χ0n) is 17.9. The zero-order chi connectivity index (χ0) is 22.8. The number of benzene rings is 2. The Bertz CT molecular complexity index is 1200. The maximum absolute atomic E-state index is 13.2. The number of amides is 1. The minimum atomic E-state index is -0.908. The molecule has 1 aromatic heterocycles. The molecule has 1 fully saturated rings. The van der Waals surface area contributed by atoms with E-state index in [0.29, 0.717) is 22.9 Å². The summed E-state index contributed by atoms with van der Waals surface area (Å²) >= 11 is 0. The molecule has 4 rings (SSSR count). The average Bonchev–Trinajstić information content (AvgIpc) is 3.09. The van der Waals surface area contributed by atoms with Crippen LogP contribution in [0.4, 0.5) is 5.69 Å². The van der Waals surface area contributed by atoms with Gasteiger partial charge < -0.3 is 14.6 Å². The monoisotopic (exact) mass is 430 g/mol. The molecule has 1 aliphatic heterocycles. The van der Waals surface area contributed by atoms with Gasteiger partial charge in [0.25, 0.3) is 11.7 Å². The van der Waals surface area contributed by atoms with Crippen LogP contribution in [-0.4, -0.2) is 36.0 Å². The number of methoxy groups -OCH3 is 2. The van der Waals surface area contributed by atoms with Crippen LogP contribution in [0.3, 0.4) is 0 Å². The molecule has 1 saturated heterocycles. The Morgan fingerprint density at radius 1 is 1.00 bits per heavy atom. The first-order valence-electron chi connectivity index (χ1n) is 9.97. The largest absolute Gasteiger partial charge is 0.507 e. The Kier molecular flexibility index (Phi) is 5.64. The van der Waals surface area contributed by atoms with Crippen LogP contribution in [0.5, 0.6) is 11.5 Å². The summed E-state index contributed by atoms with van der Waals surface area (Å²) in [7, 11) is 2.95. The standard InChI is InChI=1S/C25H22N2O5/c1-15-7-9-16(10-8-15)27-22(19-6-4-5-13-26-19)21(24(29)25(27)30)23(28)18-14-17(31-2)11-12-20(18)32-3/h4-14,22,28H,1-3H3/b23-21+. The number of aromatic nitrogens is 1. The van der Waals surface area contributed by atoms with Crippen LogP contribution >= 0.6 is 0 Å². The number of nitrogens with zero attached hydrogens (tertiary/aromatic N) is 2. The van der Waals surface area contributed by atoms with Gasteiger partial charge in [0, 0.05) is 11.9 Å². The fraction of sp³-hybridized carbons (Fsp3) is 0.160. The van der Waals surface area contributed by atoms with Crippen molar-refractivity contribution in [1.82, 2.24) is 4.98 Å². The highest BCUT2D eigenvalue weighted by atomic mass is 16.5. The van der Waals surface area contributed by atoms with E-state index < -0.39 is 17.7 Å². The Balaban J connectivity index is 1.97. The molecule has 1 atom stereocenters. The zero-order valence-corrected chi connectivity index (χ0v) is 17.9. The van der Waals surface area contributed by atoms with Crippen LogP contribution in [0.15, 0.2) is 72.4 Å². The van der Waals surface area contributed by atoms with Gasteiger partial charge in [-0.25, -0.2) is 0 Å². The summed E-state index contributed by atoms with van der Waals surface area (Å²) < 4.78 is 10.6. The van der Waals surface area contributed by atoms with Crippen molar-refractivity contribution in [1.29, 1.82) is 0 Å². The van der Waals surface area contributed by atoms with Gasteiger partial charge in [-0.1, -0.05) is 23.8 Å². The third-order valence-electron chi connectivity index (χ3n) is 5.39. The average molecular weight is 430 g/mol. The fourth-order valence-electron chi connectivity index (χ4n) is 3.77. The number of carbonyl (C=O) groups is 2. The minimum Gasteiger partial charge on any atom is -0.507 e. The Hall–Kier alpha value is -4.13. The van der Waals surface area contributed by atoms with Gasteiger partial charge in [0.1, 0.15) is 23.3 Å². The number of Topliss-reactive ketones (excluding diaryl/α,β-unsaturated/α-hetero) is 1. The Morgan fingerprint density at radius 3 is 2.38 bits per heavy atom. The van der Waals surface area contributed by atoms with E-state index in [9.17, 15) is 14.7 Å². The lowest BCUT2D eigenvalue weighted by molar-refractivity contribution is -0.132. The molecule has 0 spiro atoms. The van der Waals surface area contributed by atoms with Gasteiger partial charge in [-0.05, 0) is 49.4 Å². The number of carbonyl (C=O) groups excluding carboxylic acids is 2. The molecule has 2 aromatic carbocycles. The number of hydrogen-bond donors (Lipinski definition) is 1. The lowest BCUT2D eigenvalue weighted by Crippen LogP contribution is -2.29. The molecule has 32 heavy (non-hydrogen) atoms. The molecule has 0 bridgehead atoms. The molecule has 0 aliphatic carbocycles. The smallest absolute Gasteiger partial charge is 0.300 e. The van der Waals surface area contributed by atoms with E-state index in [2.05, 4.69) is 4.98 Å². The van der Waals surface area contributed by atoms with Crippen LogP contribution in [0.25, 0.3) is 5.76 Å². The molecule has 0 saturated carbocycles. The van der Waals surface area contributed by atoms with Gasteiger partial charge in [0.15, 0.2) is 0 Å². The first-order valence-corrected chi connectivity index (χ1v) is 9.97. The van der Waals surface area contributed by atoms with Gasteiger partial charge in [-0.2, -0.15) is 0 Å². The molecule has 0 radical (unpaired) electrons. The maximum Gasteiger partial charge on any atom is 0.300 e. The number of pyridine rings is 1. The van der Waals surface area contributed by atoms with Crippen molar-refractivity contribution >= 4 is 23.1 Å². The van der Waals surface area contributed by atoms with Crippen molar-refractivity contribution in [3.8, 4) is 11.5 Å². The van der Waals surface area contributed by atoms with Crippen LogP contribution in [-0.2, 0) is 9.59 Å². The number of aryl methyl sites for hydroxylation is 1. The highest BCUT2D eigenvalue weighted by molar-refractivity contribution is 6.51. The lowest BCUT2D eigenvalue weighted by Gasteiger charge is -2.24. The number of ketones is 1. The molecule has 1 amide bonds. The fourth-order valence-corrected chi connectivity index (χ4v) is 3.77. The van der Waals surface area contributed by atoms with E-state index in [4.69, 9.17) is 9.47 Å². The number of aliphatic hydroxyl groups is 1. The molecule has 2 heterocycles. The van der Waals surface area contributed by atoms with E-state index >= 15 is 0 Å². The van der Waals surface area contributed by atoms with Crippen molar-refractivity contribution in [3.63, 3.8) is 0 Å². The van der Waals surface area contributed by atoms with E-state index in [1.807, 2.05) is 19.1 Å². The van der Waals surface area contributed by atoms with Crippen LogP contribution in [0.2, 0.25) is 0 Å². The van der Waals surface area contributed by atoms with Gasteiger partial charge in [0.2, 0.25) is 0 Å². The van der Waals surface area contributed by atoms with Gasteiger partial charge in [0.05, 0.1) is 31.1 Å². The summed E-state index contributed by atoms with van der Waals surface area (Å²) in [5.41, 5.74) is 2.18. The molecule has 1 N–H and O–H groups in total. The predicted octanol–water partition coefficient (Wildman–Crippen LogP) is 4.03. The Labute approximate surface area is 185 Å². The molecular weight excluding hydrogens is 408 g/mol. The molecule has 3 aromatic rings. The number of rotatable bonds is 5. The summed E-state index contributed by atoms with van der Waals surface area (Å²) in [6.45, 7) is 1.93. The summed E-state index contributed by atoms with van der Waals surface area (Å²) in [5.74, 6) is -1.10. The first kappa shape index (κ1) is 21.1. The third kappa shape index (κ3) is 3.58. The summed E-state index contributed by atoms with van der Waals surface area (Å²) in [6, 6.07) is 16.4. The molecule has 7 nitrogen and oxygen atoms in total. The first-order chi connectivity index (χ1) is 15.5. The highest BCUT2D eigenvalue weighted by Gasteiger charge is 2.47. The third-order valence-corrected chi connectivity index (χ3v) is 5.39. The summed E-state index contributed by atoms with van der Waals surface area (Å²) in [4.78, 5) is 32.1. The van der Waals surface area contributed by atoms with Crippen LogP contribution in [0, 0.1) is 6.92 Å². The van der Waals surface area contributed by atoms with Crippen molar-refractivity contribution in [3.05, 3.63) is 89.3 Å². The molecule has 162 valence electrons. The second kappa shape index (κ2) is 8.55. The van der Waals surface area contributed by atoms with E-state index in [1.54, 1.807) is 54.7 Å². The topological polar surface area (TPSA) is 89.0 Å². The van der Waals surface area contributed by atoms with Crippen molar-refractivity contribution < 1.29 is 24.2 Å². The summed E-state index contributed by atoms with van der Waals surface area (Å²) in [6.07, 6.45) is 1.58. The molecular formula is C25H22N2O5. The van der Waals surface area contributed by atoms with E-state index in [-0.39, 0.29) is 16.9 Å². The lowest BCUT2D eigenvalue weighted by atomic mass is 9.97. The van der Waals surface area contributed by atoms with Crippen LogP contribution < -0.4 is 14.4 Å². The maximum atomic E-state index is 13.2. The highest BCUT2D eigenvalue weighted by Crippen LogP contribution is 2.43. The minimum absolute atomic E-state index is 0.0687. The SMILES string of the molecule is COc1ccc(OC)c(/C(O)=C2\C(=O)C(=O)N(c3ccc(C)cc3)C2c2ccccn2)c1. The number of anilines is 1. The van der Waals surface area contributed by atoms with Gasteiger partial charge in [-0.3, -0.25) is 19.5 Å². The van der Waals surface area contributed by atoms with Crippen LogP contribution in [0.1, 0.15) is 22.9 Å². The van der Waals surface area contributed by atoms with Gasteiger partial charge >= 0.3 is 0 Å². The van der Waals surface area contributed by atoms with Crippen molar-refractivity contribution in [2.24, 2.45) is 0 Å². The normalized spacial score (nSPS) is 17.5. The number of hydrogen-bond acceptors (Lipinski definition) is 6. The second-order valence-electron chi connectivity index (χ2n) is 7.33. The second-order valence-corrected chi connectivity index (χ2v) is 7.33. The Morgan fingerprint density at radius 2 is 1.75 bits per heavy atom. The quantitative estimate of drug-likeness (QED) is 0.373. The molecule has 1 unspecified atom stereocenters. The number of ether oxygens (including phenoxy) is 2. The predicted molar refractivity (Wildman–Crippen MR) is 120 cm³/mol. The van der Waals surface area contributed by atoms with E-state index in [0.717, 1.165) is 5.56 Å². The van der Waals surface area contributed by atoms with Gasteiger partial charge in [-0.15, -0.1) is 0 Å². The van der Waals surface area contributed by atoms with Crippen molar-refractivity contribution in [2.75, 3.05) is 19.1 Å². The van der Waals surface area contributed by atoms with Crippen molar-refractivity contribution in [2.45, 2.75) is 13.0 Å². The molecule has 7 heteroatoms.